The number of amides is 2. The van der Waals surface area contributed by atoms with Gasteiger partial charge in [0.25, 0.3) is 5.56 Å². The van der Waals surface area contributed by atoms with Crippen LogP contribution in [0.5, 0.6) is 0 Å². The molecule has 0 unspecified atom stereocenters. The zero-order valence-corrected chi connectivity index (χ0v) is 22.6. The molecule has 37 heavy (non-hydrogen) atoms. The molecule has 0 spiro atoms. The van der Waals surface area contributed by atoms with Crippen molar-refractivity contribution in [1.29, 1.82) is 0 Å². The minimum Gasteiger partial charge on any atom is -0.460 e. The quantitative estimate of drug-likeness (QED) is 0.558. The van der Waals surface area contributed by atoms with E-state index < -0.39 is 17.3 Å². The van der Waals surface area contributed by atoms with Gasteiger partial charge in [0.1, 0.15) is 18.0 Å². The Labute approximate surface area is 220 Å². The second kappa shape index (κ2) is 11.8. The normalized spacial score (nSPS) is 14.3. The number of nitrogens with one attached hydrogen (secondary N) is 1. The van der Waals surface area contributed by atoms with Gasteiger partial charge in [-0.15, -0.1) is 0 Å². The molecule has 1 fully saturated rings. The van der Waals surface area contributed by atoms with Crippen molar-refractivity contribution in [3.05, 3.63) is 45.5 Å². The van der Waals surface area contributed by atoms with Crippen LogP contribution < -0.4 is 10.9 Å². The number of esters is 1. The Morgan fingerprint density at radius 1 is 1.16 bits per heavy atom. The largest absolute Gasteiger partial charge is 0.460 e. The van der Waals surface area contributed by atoms with Crippen molar-refractivity contribution in [3.63, 3.8) is 0 Å². The Morgan fingerprint density at radius 3 is 2.43 bits per heavy atom. The number of likely N-dealkylation sites (tertiary alicyclic amines) is 1. The molecular weight excluding hydrogens is 500 g/mol. The molecule has 1 aromatic carbocycles. The summed E-state index contributed by atoms with van der Waals surface area (Å²) in [7, 11) is 1.24. The zero-order valence-electron chi connectivity index (χ0n) is 21.8. The average Bonchev–Trinajstić information content (AvgIpc) is 2.80. The number of carbonyl (C=O) groups excluding carboxylic acids is 3. The van der Waals surface area contributed by atoms with E-state index in [4.69, 9.17) is 16.3 Å². The molecule has 2 amide bonds. The SMILES string of the molecule is COC(=O)Nc1cc(Cl)ccc1-c1cc(=O)n(CC(=O)N2CCC(CC(=O)OC(C)(C)C)CC2)c(C)n1. The van der Waals surface area contributed by atoms with E-state index in [-0.39, 0.29) is 24.3 Å². The highest BCUT2D eigenvalue weighted by molar-refractivity contribution is 6.31. The van der Waals surface area contributed by atoms with Crippen LogP contribution in [0, 0.1) is 12.8 Å². The zero-order chi connectivity index (χ0) is 27.3. The van der Waals surface area contributed by atoms with E-state index in [0.29, 0.717) is 60.1 Å². The van der Waals surface area contributed by atoms with E-state index in [2.05, 4.69) is 15.0 Å². The molecule has 1 aliphatic heterocycles. The minimum atomic E-state index is -0.686. The van der Waals surface area contributed by atoms with Gasteiger partial charge in [0.05, 0.1) is 18.5 Å². The van der Waals surface area contributed by atoms with Crippen LogP contribution >= 0.6 is 11.6 Å². The molecule has 0 bridgehead atoms. The first-order valence-corrected chi connectivity index (χ1v) is 12.5. The molecule has 0 radical (unpaired) electrons. The van der Waals surface area contributed by atoms with Crippen molar-refractivity contribution in [2.75, 3.05) is 25.5 Å². The first-order valence-electron chi connectivity index (χ1n) is 12.1. The Kier molecular flexibility index (Phi) is 8.96. The van der Waals surface area contributed by atoms with Crippen LogP contribution in [-0.4, -0.2) is 58.2 Å². The monoisotopic (exact) mass is 532 g/mol. The summed E-state index contributed by atoms with van der Waals surface area (Å²) in [5, 5.41) is 2.96. The summed E-state index contributed by atoms with van der Waals surface area (Å²) in [6.07, 6.45) is 1.04. The van der Waals surface area contributed by atoms with Crippen LogP contribution in [0.3, 0.4) is 0 Å². The molecule has 2 aromatic rings. The number of ether oxygens (including phenoxy) is 2. The molecule has 11 heteroatoms. The molecule has 0 aliphatic carbocycles. The van der Waals surface area contributed by atoms with Crippen LogP contribution in [0.25, 0.3) is 11.3 Å². The molecule has 200 valence electrons. The van der Waals surface area contributed by atoms with Gasteiger partial charge in [-0.25, -0.2) is 9.78 Å². The lowest BCUT2D eigenvalue weighted by atomic mass is 9.93. The van der Waals surface area contributed by atoms with Crippen molar-refractivity contribution in [2.45, 2.75) is 59.1 Å². The Balaban J connectivity index is 1.68. The topological polar surface area (TPSA) is 120 Å². The number of hydrogen-bond acceptors (Lipinski definition) is 7. The number of piperidine rings is 1. The number of methoxy groups -OCH3 is 1. The number of aromatic nitrogens is 2. The van der Waals surface area contributed by atoms with Gasteiger partial charge >= 0.3 is 12.1 Å². The number of rotatable bonds is 6. The predicted octanol–water partition coefficient (Wildman–Crippen LogP) is 4.02. The van der Waals surface area contributed by atoms with Gasteiger partial charge in [-0.1, -0.05) is 11.6 Å². The van der Waals surface area contributed by atoms with E-state index in [9.17, 15) is 19.2 Å². The highest BCUT2D eigenvalue weighted by atomic mass is 35.5. The number of nitrogens with zero attached hydrogens (tertiary/aromatic N) is 3. The lowest BCUT2D eigenvalue weighted by Gasteiger charge is -2.32. The summed E-state index contributed by atoms with van der Waals surface area (Å²) in [6, 6.07) is 6.12. The number of anilines is 1. The van der Waals surface area contributed by atoms with Gasteiger partial charge in [-0.3, -0.25) is 24.3 Å². The maximum absolute atomic E-state index is 13.0. The first-order chi connectivity index (χ1) is 17.4. The molecular formula is C26H33ClN4O6. The van der Waals surface area contributed by atoms with Crippen LogP contribution in [0.15, 0.2) is 29.1 Å². The Hall–Kier alpha value is -3.40. The smallest absolute Gasteiger partial charge is 0.411 e. The van der Waals surface area contributed by atoms with Gasteiger partial charge < -0.3 is 14.4 Å². The molecule has 1 N–H and O–H groups in total. The van der Waals surface area contributed by atoms with Crippen molar-refractivity contribution >= 4 is 35.3 Å². The van der Waals surface area contributed by atoms with E-state index in [0.717, 1.165) is 0 Å². The average molecular weight is 533 g/mol. The van der Waals surface area contributed by atoms with Crippen molar-refractivity contribution in [3.8, 4) is 11.3 Å². The third kappa shape index (κ3) is 7.79. The lowest BCUT2D eigenvalue weighted by Crippen LogP contribution is -2.42. The number of benzene rings is 1. The second-order valence-corrected chi connectivity index (χ2v) is 10.5. The summed E-state index contributed by atoms with van der Waals surface area (Å²) in [5.74, 6) is 0.109. The van der Waals surface area contributed by atoms with E-state index in [1.54, 1.807) is 24.0 Å². The van der Waals surface area contributed by atoms with E-state index >= 15 is 0 Å². The minimum absolute atomic E-state index is 0.136. The number of aryl methyl sites for hydroxylation is 1. The molecule has 2 heterocycles. The fourth-order valence-corrected chi connectivity index (χ4v) is 4.37. The molecule has 1 saturated heterocycles. The molecule has 0 atom stereocenters. The molecule has 3 rings (SSSR count). The molecule has 1 aliphatic rings. The van der Waals surface area contributed by atoms with Crippen LogP contribution in [0.1, 0.15) is 45.9 Å². The molecule has 10 nitrogen and oxygen atoms in total. The summed E-state index contributed by atoms with van der Waals surface area (Å²) in [5.41, 5.74) is 0.247. The van der Waals surface area contributed by atoms with Crippen molar-refractivity contribution in [1.82, 2.24) is 14.5 Å². The third-order valence-corrected chi connectivity index (χ3v) is 6.25. The predicted molar refractivity (Wildman–Crippen MR) is 139 cm³/mol. The number of hydrogen-bond donors (Lipinski definition) is 1. The maximum atomic E-state index is 13.0. The van der Waals surface area contributed by atoms with Gasteiger partial charge in [-0.2, -0.15) is 0 Å². The first kappa shape index (κ1) is 28.2. The highest BCUT2D eigenvalue weighted by Gasteiger charge is 2.27. The van der Waals surface area contributed by atoms with E-state index in [1.165, 1.54) is 23.8 Å². The van der Waals surface area contributed by atoms with Crippen molar-refractivity contribution in [2.24, 2.45) is 5.92 Å². The van der Waals surface area contributed by atoms with Gasteiger partial charge in [0.2, 0.25) is 5.91 Å². The molecule has 1 aromatic heterocycles. The lowest BCUT2D eigenvalue weighted by molar-refractivity contribution is -0.156. The standard InChI is InChI=1S/C26H33ClN4O6/c1-16-28-21(19-7-6-18(27)13-20(19)29-25(35)36-5)14-22(32)31(16)15-23(33)30-10-8-17(9-11-30)12-24(34)37-26(2,3)4/h6-7,13-14,17H,8-12,15H2,1-5H3,(H,29,35). The second-order valence-electron chi connectivity index (χ2n) is 10.0. The Morgan fingerprint density at radius 2 is 1.84 bits per heavy atom. The van der Waals surface area contributed by atoms with Crippen LogP contribution in [0.2, 0.25) is 5.02 Å². The third-order valence-electron chi connectivity index (χ3n) is 6.01. The van der Waals surface area contributed by atoms with Gasteiger partial charge in [0.15, 0.2) is 0 Å². The van der Waals surface area contributed by atoms with Gasteiger partial charge in [0, 0.05) is 36.2 Å². The summed E-state index contributed by atoms with van der Waals surface area (Å²) >= 11 is 6.07. The van der Waals surface area contributed by atoms with Gasteiger partial charge in [-0.05, 0) is 64.7 Å². The van der Waals surface area contributed by atoms with Crippen LogP contribution in [0.4, 0.5) is 10.5 Å². The summed E-state index contributed by atoms with van der Waals surface area (Å²) in [6.45, 7) is 8.05. The maximum Gasteiger partial charge on any atom is 0.411 e. The fourth-order valence-electron chi connectivity index (χ4n) is 4.20. The highest BCUT2D eigenvalue weighted by Crippen LogP contribution is 2.29. The number of halogens is 1. The van der Waals surface area contributed by atoms with E-state index in [1.807, 2.05) is 20.8 Å². The molecule has 0 saturated carbocycles. The number of carbonyl (C=O) groups is 3. The fraction of sp³-hybridized carbons (Fsp3) is 0.500. The Bertz CT molecular complexity index is 1230. The summed E-state index contributed by atoms with van der Waals surface area (Å²) in [4.78, 5) is 56.0. The van der Waals surface area contributed by atoms with Crippen molar-refractivity contribution < 1.29 is 23.9 Å². The van der Waals surface area contributed by atoms with Crippen LogP contribution in [-0.2, 0) is 25.6 Å². The summed E-state index contributed by atoms with van der Waals surface area (Å²) < 4.78 is 11.4.